The van der Waals surface area contributed by atoms with Crippen LogP contribution in [0.4, 0.5) is 0 Å². The third-order valence-corrected chi connectivity index (χ3v) is 3.54. The summed E-state index contributed by atoms with van der Waals surface area (Å²) in [7, 11) is 0. The summed E-state index contributed by atoms with van der Waals surface area (Å²) in [6.45, 7) is 11.6. The van der Waals surface area contributed by atoms with Crippen molar-refractivity contribution >= 4 is 11.6 Å². The van der Waals surface area contributed by atoms with Gasteiger partial charge in [0.25, 0.3) is 0 Å². The number of rotatable bonds is 9. The quantitative estimate of drug-likeness (QED) is 0.490. The minimum atomic E-state index is 0.0567. The van der Waals surface area contributed by atoms with Gasteiger partial charge in [0.2, 0.25) is 0 Å². The molecule has 3 heteroatoms. The van der Waals surface area contributed by atoms with Crippen LogP contribution in [0.2, 0.25) is 5.02 Å². The lowest BCUT2D eigenvalue weighted by atomic mass is 10.1. The first kappa shape index (κ1) is 18.1. The van der Waals surface area contributed by atoms with E-state index in [4.69, 9.17) is 16.3 Å². The molecule has 21 heavy (non-hydrogen) atoms. The third-order valence-electron chi connectivity index (χ3n) is 3.18. The van der Waals surface area contributed by atoms with Gasteiger partial charge in [0.05, 0.1) is 6.61 Å². The summed E-state index contributed by atoms with van der Waals surface area (Å²) in [5.74, 6) is 0.892. The number of ether oxygens (including phenoxy) is 1. The van der Waals surface area contributed by atoms with E-state index in [0.29, 0.717) is 0 Å². The Labute approximate surface area is 134 Å². The number of halogens is 1. The van der Waals surface area contributed by atoms with Crippen molar-refractivity contribution < 1.29 is 4.74 Å². The first-order chi connectivity index (χ1) is 9.94. The maximum Gasteiger partial charge on any atom is 0.125 e. The first-order valence-corrected chi connectivity index (χ1v) is 8.08. The highest BCUT2D eigenvalue weighted by molar-refractivity contribution is 6.31. The van der Waals surface area contributed by atoms with Gasteiger partial charge in [-0.1, -0.05) is 23.7 Å². The third kappa shape index (κ3) is 7.54. The summed E-state index contributed by atoms with van der Waals surface area (Å²) < 4.78 is 5.91. The molecular formula is C18H28ClNO. The Bertz CT molecular complexity index is 437. The van der Waals surface area contributed by atoms with Crippen molar-refractivity contribution in [2.24, 2.45) is 0 Å². The predicted octanol–water partition coefficient (Wildman–Crippen LogP) is 5.35. The van der Waals surface area contributed by atoms with Crippen molar-refractivity contribution in [3.05, 3.63) is 41.4 Å². The molecule has 1 rings (SSSR count). The predicted molar refractivity (Wildman–Crippen MR) is 92.2 cm³/mol. The SMILES string of the molecule is C=CCCCCCOc1cccc(Cl)c1CNC(C)(C)C. The summed E-state index contributed by atoms with van der Waals surface area (Å²) >= 11 is 6.31. The molecule has 0 heterocycles. The van der Waals surface area contributed by atoms with E-state index in [9.17, 15) is 0 Å². The zero-order chi connectivity index (χ0) is 15.7. The Kier molecular flexibility index (Phi) is 7.84. The molecule has 0 saturated carbocycles. The van der Waals surface area contributed by atoms with Crippen LogP contribution in [0.25, 0.3) is 0 Å². The van der Waals surface area contributed by atoms with Crippen molar-refractivity contribution in [1.29, 1.82) is 0 Å². The van der Waals surface area contributed by atoms with Crippen LogP contribution < -0.4 is 10.1 Å². The summed E-state index contributed by atoms with van der Waals surface area (Å²) in [6, 6.07) is 5.85. The molecule has 0 amide bonds. The van der Waals surface area contributed by atoms with Crippen LogP contribution in [0, 0.1) is 0 Å². The molecule has 0 fully saturated rings. The van der Waals surface area contributed by atoms with E-state index >= 15 is 0 Å². The number of unbranched alkanes of at least 4 members (excludes halogenated alkanes) is 3. The van der Waals surface area contributed by atoms with Gasteiger partial charge in [0.15, 0.2) is 0 Å². The van der Waals surface area contributed by atoms with Crippen LogP contribution in [-0.4, -0.2) is 12.1 Å². The summed E-state index contributed by atoms with van der Waals surface area (Å²) in [6.07, 6.45) is 6.46. The second kappa shape index (κ2) is 9.11. The zero-order valence-corrected chi connectivity index (χ0v) is 14.3. The Morgan fingerprint density at radius 1 is 1.24 bits per heavy atom. The van der Waals surface area contributed by atoms with Gasteiger partial charge in [-0.25, -0.2) is 0 Å². The van der Waals surface area contributed by atoms with Gasteiger partial charge in [-0.3, -0.25) is 0 Å². The number of allylic oxidation sites excluding steroid dienone is 1. The number of hydrogen-bond acceptors (Lipinski definition) is 2. The van der Waals surface area contributed by atoms with Gasteiger partial charge < -0.3 is 10.1 Å². The molecule has 0 aliphatic rings. The minimum absolute atomic E-state index is 0.0567. The summed E-state index contributed by atoms with van der Waals surface area (Å²) in [5, 5.41) is 4.22. The van der Waals surface area contributed by atoms with Crippen LogP contribution in [0.1, 0.15) is 52.0 Å². The van der Waals surface area contributed by atoms with Crippen LogP contribution in [0.15, 0.2) is 30.9 Å². The molecule has 0 aromatic heterocycles. The fourth-order valence-electron chi connectivity index (χ4n) is 1.95. The normalized spacial score (nSPS) is 11.4. The molecule has 0 spiro atoms. The van der Waals surface area contributed by atoms with Crippen molar-refractivity contribution in [2.45, 2.75) is 58.5 Å². The Balaban J connectivity index is 2.52. The fourth-order valence-corrected chi connectivity index (χ4v) is 2.18. The second-order valence-corrected chi connectivity index (χ2v) is 6.71. The molecule has 0 unspecified atom stereocenters. The Morgan fingerprint density at radius 3 is 2.67 bits per heavy atom. The average molecular weight is 310 g/mol. The van der Waals surface area contributed by atoms with Crippen molar-refractivity contribution in [2.75, 3.05) is 6.61 Å². The highest BCUT2D eigenvalue weighted by atomic mass is 35.5. The van der Waals surface area contributed by atoms with Gasteiger partial charge >= 0.3 is 0 Å². The van der Waals surface area contributed by atoms with Crippen LogP contribution >= 0.6 is 11.6 Å². The molecule has 0 aliphatic heterocycles. The van der Waals surface area contributed by atoms with E-state index in [0.717, 1.165) is 42.3 Å². The molecule has 2 nitrogen and oxygen atoms in total. The maximum atomic E-state index is 6.31. The molecule has 0 aliphatic carbocycles. The van der Waals surface area contributed by atoms with Crippen molar-refractivity contribution in [3.8, 4) is 5.75 Å². The molecule has 0 saturated heterocycles. The lowest BCUT2D eigenvalue weighted by Gasteiger charge is -2.22. The average Bonchev–Trinajstić information content (AvgIpc) is 2.40. The van der Waals surface area contributed by atoms with E-state index < -0.39 is 0 Å². The van der Waals surface area contributed by atoms with Gasteiger partial charge in [-0.15, -0.1) is 6.58 Å². The molecule has 1 aromatic rings. The lowest BCUT2D eigenvalue weighted by Crippen LogP contribution is -2.35. The largest absolute Gasteiger partial charge is 0.493 e. The highest BCUT2D eigenvalue weighted by Crippen LogP contribution is 2.27. The van der Waals surface area contributed by atoms with E-state index in [1.807, 2.05) is 24.3 Å². The molecule has 0 radical (unpaired) electrons. The van der Waals surface area contributed by atoms with E-state index in [2.05, 4.69) is 32.7 Å². The molecule has 0 atom stereocenters. The molecule has 118 valence electrons. The molecule has 0 bridgehead atoms. The second-order valence-electron chi connectivity index (χ2n) is 6.31. The maximum absolute atomic E-state index is 6.31. The zero-order valence-electron chi connectivity index (χ0n) is 13.5. The smallest absolute Gasteiger partial charge is 0.125 e. The van der Waals surface area contributed by atoms with Crippen LogP contribution in [0.3, 0.4) is 0 Å². The Hall–Kier alpha value is -0.990. The van der Waals surface area contributed by atoms with Crippen molar-refractivity contribution in [3.63, 3.8) is 0 Å². The minimum Gasteiger partial charge on any atom is -0.493 e. The van der Waals surface area contributed by atoms with Crippen molar-refractivity contribution in [1.82, 2.24) is 5.32 Å². The Morgan fingerprint density at radius 2 is 2.00 bits per heavy atom. The van der Waals surface area contributed by atoms with Crippen LogP contribution in [-0.2, 0) is 6.54 Å². The number of hydrogen-bond donors (Lipinski definition) is 1. The number of benzene rings is 1. The van der Waals surface area contributed by atoms with E-state index in [1.54, 1.807) is 0 Å². The summed E-state index contributed by atoms with van der Waals surface area (Å²) in [5.41, 5.74) is 1.10. The number of nitrogens with one attached hydrogen (secondary N) is 1. The molecule has 1 aromatic carbocycles. The highest BCUT2D eigenvalue weighted by Gasteiger charge is 2.13. The van der Waals surface area contributed by atoms with Gasteiger partial charge in [-0.2, -0.15) is 0 Å². The summed E-state index contributed by atoms with van der Waals surface area (Å²) in [4.78, 5) is 0. The first-order valence-electron chi connectivity index (χ1n) is 7.70. The van der Waals surface area contributed by atoms with E-state index in [-0.39, 0.29) is 5.54 Å². The van der Waals surface area contributed by atoms with Gasteiger partial charge in [0, 0.05) is 22.7 Å². The van der Waals surface area contributed by atoms with E-state index in [1.165, 1.54) is 12.8 Å². The monoisotopic (exact) mass is 309 g/mol. The van der Waals surface area contributed by atoms with Gasteiger partial charge in [-0.05, 0) is 58.6 Å². The van der Waals surface area contributed by atoms with Crippen LogP contribution in [0.5, 0.6) is 5.75 Å². The lowest BCUT2D eigenvalue weighted by molar-refractivity contribution is 0.300. The standard InChI is InChI=1S/C18H28ClNO/c1-5-6-7-8-9-13-21-17-12-10-11-16(19)15(17)14-20-18(2,3)4/h5,10-12,20H,1,6-9,13-14H2,2-4H3. The molecular weight excluding hydrogens is 282 g/mol. The topological polar surface area (TPSA) is 21.3 Å². The van der Waals surface area contributed by atoms with Gasteiger partial charge in [0.1, 0.15) is 5.75 Å². The molecule has 1 N–H and O–H groups in total. The fraction of sp³-hybridized carbons (Fsp3) is 0.556.